The molecule has 0 atom stereocenters. The normalized spacial score (nSPS) is 14.1. The van der Waals surface area contributed by atoms with Gasteiger partial charge in [0.15, 0.2) is 0 Å². The molecule has 2 N–H and O–H groups in total. The smallest absolute Gasteiger partial charge is 0.271 e. The van der Waals surface area contributed by atoms with Crippen molar-refractivity contribution in [2.75, 3.05) is 32.6 Å². The third kappa shape index (κ3) is 4.72. The van der Waals surface area contributed by atoms with Crippen LogP contribution in [0.3, 0.4) is 0 Å². The van der Waals surface area contributed by atoms with E-state index >= 15 is 0 Å². The molecule has 3 heterocycles. The molecule has 166 valence electrons. The van der Waals surface area contributed by atoms with E-state index in [1.807, 2.05) is 12.1 Å². The molecular weight excluding hydrogens is 410 g/mol. The molecule has 9 nitrogen and oxygen atoms in total. The standard InChI is InChI=1S/C23H25N5O4/c1-31-18-11-17(12-19(13-18)32-2)25-22(29)16-5-9-28(10-6-16)23(30)21-14-20(26-27-21)15-3-7-24-8-4-15/h3-4,7-8,11-14,16H,5-6,9-10H2,1-2H3,(H,25,29)(H,26,27). The van der Waals surface area contributed by atoms with Gasteiger partial charge >= 0.3 is 0 Å². The monoisotopic (exact) mass is 435 g/mol. The number of ether oxygens (including phenoxy) is 2. The average molecular weight is 435 g/mol. The van der Waals surface area contributed by atoms with E-state index < -0.39 is 0 Å². The Balaban J connectivity index is 1.34. The zero-order valence-corrected chi connectivity index (χ0v) is 18.0. The quantitative estimate of drug-likeness (QED) is 0.616. The van der Waals surface area contributed by atoms with E-state index in [9.17, 15) is 9.59 Å². The minimum atomic E-state index is -0.176. The van der Waals surface area contributed by atoms with Gasteiger partial charge in [-0.3, -0.25) is 19.7 Å². The van der Waals surface area contributed by atoms with Crippen molar-refractivity contribution in [2.24, 2.45) is 5.92 Å². The summed E-state index contributed by atoms with van der Waals surface area (Å²) in [5, 5.41) is 10.00. The fourth-order valence-corrected chi connectivity index (χ4v) is 3.74. The first-order chi connectivity index (χ1) is 15.6. The Hall–Kier alpha value is -3.88. The Bertz CT molecular complexity index is 1070. The van der Waals surface area contributed by atoms with E-state index in [0.717, 1.165) is 5.56 Å². The molecule has 2 aromatic heterocycles. The van der Waals surface area contributed by atoms with Gasteiger partial charge in [-0.05, 0) is 31.0 Å². The van der Waals surface area contributed by atoms with Crippen molar-refractivity contribution in [2.45, 2.75) is 12.8 Å². The maximum atomic E-state index is 12.9. The first-order valence-corrected chi connectivity index (χ1v) is 10.4. The van der Waals surface area contributed by atoms with Gasteiger partial charge in [0, 0.05) is 60.9 Å². The highest BCUT2D eigenvalue weighted by molar-refractivity contribution is 5.95. The van der Waals surface area contributed by atoms with Gasteiger partial charge in [0.2, 0.25) is 5.91 Å². The van der Waals surface area contributed by atoms with Crippen LogP contribution in [0.15, 0.2) is 48.8 Å². The molecular formula is C23H25N5O4. The number of amides is 2. The van der Waals surface area contributed by atoms with Gasteiger partial charge in [0.25, 0.3) is 5.91 Å². The van der Waals surface area contributed by atoms with E-state index in [2.05, 4.69) is 20.5 Å². The number of H-pyrrole nitrogens is 1. The number of rotatable bonds is 6. The fraction of sp³-hybridized carbons (Fsp3) is 0.304. The highest BCUT2D eigenvalue weighted by atomic mass is 16.5. The Morgan fingerprint density at radius 2 is 1.69 bits per heavy atom. The number of nitrogens with one attached hydrogen (secondary N) is 2. The lowest BCUT2D eigenvalue weighted by molar-refractivity contribution is -0.121. The van der Waals surface area contributed by atoms with Crippen molar-refractivity contribution in [3.05, 3.63) is 54.5 Å². The molecule has 4 rings (SSSR count). The number of carbonyl (C=O) groups is 2. The van der Waals surface area contributed by atoms with Crippen molar-refractivity contribution >= 4 is 17.5 Å². The maximum Gasteiger partial charge on any atom is 0.271 e. The van der Waals surface area contributed by atoms with Crippen molar-refractivity contribution in [1.29, 1.82) is 0 Å². The molecule has 1 aliphatic heterocycles. The van der Waals surface area contributed by atoms with Gasteiger partial charge in [-0.25, -0.2) is 0 Å². The van der Waals surface area contributed by atoms with Gasteiger partial charge in [-0.1, -0.05) is 0 Å². The van der Waals surface area contributed by atoms with Crippen molar-refractivity contribution in [3.63, 3.8) is 0 Å². The maximum absolute atomic E-state index is 12.9. The second-order valence-electron chi connectivity index (χ2n) is 7.56. The summed E-state index contributed by atoms with van der Waals surface area (Å²) in [6.07, 6.45) is 4.54. The van der Waals surface area contributed by atoms with Crippen molar-refractivity contribution < 1.29 is 19.1 Å². The zero-order valence-electron chi connectivity index (χ0n) is 18.0. The Morgan fingerprint density at radius 1 is 1.03 bits per heavy atom. The zero-order chi connectivity index (χ0) is 22.5. The number of anilines is 1. The number of nitrogens with zero attached hydrogens (tertiary/aromatic N) is 3. The lowest BCUT2D eigenvalue weighted by Crippen LogP contribution is -2.41. The topological polar surface area (TPSA) is 109 Å². The Kier molecular flexibility index (Phi) is 6.34. The van der Waals surface area contributed by atoms with Crippen LogP contribution in [0.5, 0.6) is 11.5 Å². The van der Waals surface area contributed by atoms with Crippen LogP contribution in [0.2, 0.25) is 0 Å². The molecule has 0 unspecified atom stereocenters. The molecule has 1 fully saturated rings. The van der Waals surface area contributed by atoms with E-state index in [1.54, 1.807) is 55.8 Å². The summed E-state index contributed by atoms with van der Waals surface area (Å²) in [5.74, 6) is 0.838. The van der Waals surface area contributed by atoms with E-state index in [-0.39, 0.29) is 17.7 Å². The second-order valence-corrected chi connectivity index (χ2v) is 7.56. The Labute approximate surface area is 185 Å². The van der Waals surface area contributed by atoms with Crippen LogP contribution in [0, 0.1) is 5.92 Å². The van der Waals surface area contributed by atoms with Gasteiger partial charge in [-0.2, -0.15) is 5.10 Å². The minimum absolute atomic E-state index is 0.0751. The number of carbonyl (C=O) groups excluding carboxylic acids is 2. The average Bonchev–Trinajstić information content (AvgIpc) is 3.34. The molecule has 32 heavy (non-hydrogen) atoms. The number of methoxy groups -OCH3 is 2. The number of hydrogen-bond donors (Lipinski definition) is 2. The molecule has 1 aliphatic rings. The largest absolute Gasteiger partial charge is 0.497 e. The summed E-state index contributed by atoms with van der Waals surface area (Å²) in [7, 11) is 3.12. The summed E-state index contributed by atoms with van der Waals surface area (Å²) in [6, 6.07) is 10.7. The molecule has 0 bridgehead atoms. The van der Waals surface area contributed by atoms with Gasteiger partial charge < -0.3 is 19.7 Å². The van der Waals surface area contributed by atoms with E-state index in [1.165, 1.54) is 0 Å². The highest BCUT2D eigenvalue weighted by Crippen LogP contribution is 2.27. The molecule has 0 aliphatic carbocycles. The highest BCUT2D eigenvalue weighted by Gasteiger charge is 2.29. The lowest BCUT2D eigenvalue weighted by atomic mass is 9.95. The van der Waals surface area contributed by atoms with Gasteiger partial charge in [0.05, 0.1) is 19.9 Å². The number of hydrogen-bond acceptors (Lipinski definition) is 6. The van der Waals surface area contributed by atoms with Crippen molar-refractivity contribution in [3.8, 4) is 22.8 Å². The van der Waals surface area contributed by atoms with Gasteiger partial charge in [0.1, 0.15) is 17.2 Å². The van der Waals surface area contributed by atoms with Crippen LogP contribution in [0.4, 0.5) is 5.69 Å². The summed E-state index contributed by atoms with van der Waals surface area (Å²) >= 11 is 0. The minimum Gasteiger partial charge on any atom is -0.497 e. The number of aromatic nitrogens is 3. The summed E-state index contributed by atoms with van der Waals surface area (Å²) in [4.78, 5) is 31.4. The summed E-state index contributed by atoms with van der Waals surface area (Å²) in [5.41, 5.74) is 2.63. The number of aromatic amines is 1. The Morgan fingerprint density at radius 3 is 2.31 bits per heavy atom. The van der Waals surface area contributed by atoms with Crippen LogP contribution in [0.1, 0.15) is 23.3 Å². The molecule has 0 radical (unpaired) electrons. The van der Waals surface area contributed by atoms with Gasteiger partial charge in [-0.15, -0.1) is 0 Å². The van der Waals surface area contributed by atoms with Crippen molar-refractivity contribution in [1.82, 2.24) is 20.1 Å². The third-order valence-electron chi connectivity index (χ3n) is 5.56. The molecule has 3 aromatic rings. The summed E-state index contributed by atoms with van der Waals surface area (Å²) < 4.78 is 10.5. The molecule has 9 heteroatoms. The molecule has 1 aromatic carbocycles. The fourth-order valence-electron chi connectivity index (χ4n) is 3.74. The van der Waals surface area contributed by atoms with E-state index in [0.29, 0.717) is 54.5 Å². The van der Waals surface area contributed by atoms with Crippen LogP contribution in [-0.2, 0) is 4.79 Å². The number of pyridine rings is 1. The lowest BCUT2D eigenvalue weighted by Gasteiger charge is -2.31. The molecule has 1 saturated heterocycles. The third-order valence-corrected chi connectivity index (χ3v) is 5.56. The molecule has 0 saturated carbocycles. The van der Waals surface area contributed by atoms with Crippen LogP contribution >= 0.6 is 0 Å². The summed E-state index contributed by atoms with van der Waals surface area (Å²) in [6.45, 7) is 1.00. The second kappa shape index (κ2) is 9.51. The van der Waals surface area contributed by atoms with Crippen LogP contribution < -0.4 is 14.8 Å². The molecule has 0 spiro atoms. The van der Waals surface area contributed by atoms with Crippen LogP contribution in [0.25, 0.3) is 11.3 Å². The van der Waals surface area contributed by atoms with Crippen LogP contribution in [-0.4, -0.2) is 59.2 Å². The molecule has 2 amide bonds. The predicted octanol–water partition coefficient (Wildman–Crippen LogP) is 2.98. The first-order valence-electron chi connectivity index (χ1n) is 10.4. The number of likely N-dealkylation sites (tertiary alicyclic amines) is 1. The number of benzene rings is 1. The SMILES string of the molecule is COc1cc(NC(=O)C2CCN(C(=O)c3cc(-c4ccncc4)n[nH]3)CC2)cc(OC)c1. The first kappa shape index (κ1) is 21.4. The predicted molar refractivity (Wildman–Crippen MR) is 119 cm³/mol. The number of piperidine rings is 1. The van der Waals surface area contributed by atoms with E-state index in [4.69, 9.17) is 9.47 Å².